The van der Waals surface area contributed by atoms with Crippen LogP contribution in [0.25, 0.3) is 0 Å². The van der Waals surface area contributed by atoms with Crippen LogP contribution in [-0.4, -0.2) is 0 Å². The highest BCUT2D eigenvalue weighted by Crippen LogP contribution is 2.29. The number of rotatable bonds is 1. The summed E-state index contributed by atoms with van der Waals surface area (Å²) >= 11 is 8.84. The van der Waals surface area contributed by atoms with Gasteiger partial charge in [-0.2, -0.15) is 0 Å². The van der Waals surface area contributed by atoms with Gasteiger partial charge in [-0.25, -0.2) is 4.39 Å². The summed E-state index contributed by atoms with van der Waals surface area (Å²) in [5.74, 6) is 0. The van der Waals surface area contributed by atoms with Gasteiger partial charge in [0.05, 0.1) is 10.7 Å². The lowest BCUT2D eigenvalue weighted by Crippen LogP contribution is -1.89. The van der Waals surface area contributed by atoms with Gasteiger partial charge >= 0.3 is 0 Å². The van der Waals surface area contributed by atoms with Crippen LogP contribution in [0.1, 0.15) is 5.56 Å². The van der Waals surface area contributed by atoms with E-state index in [-0.39, 0.29) is 0 Å². The van der Waals surface area contributed by atoms with Crippen LogP contribution in [0.15, 0.2) is 16.6 Å². The fraction of sp³-hybridized carbons (Fsp3) is 0.143. The van der Waals surface area contributed by atoms with E-state index in [4.69, 9.17) is 17.3 Å². The molecule has 1 rings (SSSR count). The number of anilines is 1. The Balaban J connectivity index is 3.21. The van der Waals surface area contributed by atoms with E-state index in [0.717, 1.165) is 0 Å². The lowest BCUT2D eigenvalue weighted by atomic mass is 10.2. The van der Waals surface area contributed by atoms with E-state index in [9.17, 15) is 4.39 Å². The van der Waals surface area contributed by atoms with Crippen LogP contribution >= 0.6 is 27.5 Å². The molecule has 0 aliphatic carbocycles. The Kier molecular flexibility index (Phi) is 2.73. The SMILES string of the molecule is Nc1c(Cl)cc(CF)cc1Br. The molecule has 4 heteroatoms. The predicted octanol–water partition coefficient (Wildman–Crippen LogP) is 3.15. The normalized spacial score (nSPS) is 10.1. The molecule has 0 amide bonds. The van der Waals surface area contributed by atoms with Crippen LogP contribution < -0.4 is 5.73 Å². The molecule has 0 spiro atoms. The number of hydrogen-bond acceptors (Lipinski definition) is 1. The standard InChI is InChI=1S/C7H6BrClFN/c8-5-1-4(3-10)2-6(9)7(5)11/h1-2H,3,11H2. The maximum absolute atomic E-state index is 12.1. The van der Waals surface area contributed by atoms with Crippen LogP contribution in [0, 0.1) is 0 Å². The summed E-state index contributed by atoms with van der Waals surface area (Å²) in [4.78, 5) is 0. The average Bonchev–Trinajstić information content (AvgIpc) is 1.99. The topological polar surface area (TPSA) is 26.0 Å². The maximum Gasteiger partial charge on any atom is 0.115 e. The van der Waals surface area contributed by atoms with Crippen LogP contribution in [-0.2, 0) is 6.67 Å². The number of halogens is 3. The maximum atomic E-state index is 12.1. The van der Waals surface area contributed by atoms with Gasteiger partial charge in [-0.1, -0.05) is 11.6 Å². The van der Waals surface area contributed by atoms with Gasteiger partial charge in [-0.05, 0) is 33.6 Å². The lowest BCUT2D eigenvalue weighted by molar-refractivity contribution is 0.485. The Labute approximate surface area is 77.5 Å². The summed E-state index contributed by atoms with van der Waals surface area (Å²) in [6.07, 6.45) is 0. The second kappa shape index (κ2) is 3.41. The first-order chi connectivity index (χ1) is 5.15. The Morgan fingerprint density at radius 1 is 1.55 bits per heavy atom. The van der Waals surface area contributed by atoms with Gasteiger partial charge in [-0.3, -0.25) is 0 Å². The minimum Gasteiger partial charge on any atom is -0.397 e. The molecule has 0 saturated heterocycles. The third-order valence-electron chi connectivity index (χ3n) is 1.29. The van der Waals surface area contributed by atoms with Crippen LogP contribution in [0.5, 0.6) is 0 Å². The van der Waals surface area contributed by atoms with Crippen molar-refractivity contribution in [3.63, 3.8) is 0 Å². The van der Waals surface area contributed by atoms with Gasteiger partial charge in [0, 0.05) is 4.47 Å². The molecule has 60 valence electrons. The van der Waals surface area contributed by atoms with Crippen molar-refractivity contribution in [2.75, 3.05) is 5.73 Å². The molecule has 0 saturated carbocycles. The number of hydrogen-bond donors (Lipinski definition) is 1. The number of benzene rings is 1. The van der Waals surface area contributed by atoms with Gasteiger partial charge in [0.25, 0.3) is 0 Å². The van der Waals surface area contributed by atoms with Gasteiger partial charge in [0.1, 0.15) is 6.67 Å². The van der Waals surface area contributed by atoms with Crippen molar-refractivity contribution in [2.45, 2.75) is 6.67 Å². The number of alkyl halides is 1. The van der Waals surface area contributed by atoms with E-state index in [1.54, 1.807) is 6.07 Å². The van der Waals surface area contributed by atoms with Crippen molar-refractivity contribution < 1.29 is 4.39 Å². The summed E-state index contributed by atoms with van der Waals surface area (Å²) in [5, 5.41) is 0.382. The smallest absolute Gasteiger partial charge is 0.115 e. The van der Waals surface area contributed by atoms with Crippen molar-refractivity contribution in [1.29, 1.82) is 0 Å². The molecule has 1 aromatic rings. The molecular formula is C7H6BrClFN. The molecule has 0 unspecified atom stereocenters. The van der Waals surface area contributed by atoms with E-state index in [1.165, 1.54) is 6.07 Å². The van der Waals surface area contributed by atoms with Crippen molar-refractivity contribution >= 4 is 33.2 Å². The van der Waals surface area contributed by atoms with E-state index in [2.05, 4.69) is 15.9 Å². The minimum atomic E-state index is -0.529. The Bertz CT molecular complexity index is 254. The average molecular weight is 238 g/mol. The fourth-order valence-electron chi connectivity index (χ4n) is 0.714. The fourth-order valence-corrected chi connectivity index (χ4v) is 1.58. The molecular weight excluding hydrogens is 232 g/mol. The monoisotopic (exact) mass is 237 g/mol. The van der Waals surface area contributed by atoms with Gasteiger partial charge in [0.15, 0.2) is 0 Å². The molecule has 11 heavy (non-hydrogen) atoms. The Morgan fingerprint density at radius 2 is 2.18 bits per heavy atom. The highest BCUT2D eigenvalue weighted by molar-refractivity contribution is 9.10. The molecule has 0 radical (unpaired) electrons. The zero-order valence-corrected chi connectivity index (χ0v) is 7.91. The summed E-state index contributed by atoms with van der Waals surface area (Å²) in [7, 11) is 0. The second-order valence-electron chi connectivity index (χ2n) is 2.11. The number of nitrogens with two attached hydrogens (primary N) is 1. The van der Waals surface area contributed by atoms with Gasteiger partial charge in [-0.15, -0.1) is 0 Å². The Morgan fingerprint density at radius 3 is 2.64 bits per heavy atom. The molecule has 0 fully saturated rings. The molecule has 1 aromatic carbocycles. The summed E-state index contributed by atoms with van der Waals surface area (Å²) in [6, 6.07) is 3.13. The molecule has 0 atom stereocenters. The third kappa shape index (κ3) is 1.84. The summed E-state index contributed by atoms with van der Waals surface area (Å²) in [6.45, 7) is -0.529. The van der Waals surface area contributed by atoms with Crippen molar-refractivity contribution in [1.82, 2.24) is 0 Å². The first kappa shape index (κ1) is 8.81. The predicted molar refractivity (Wildman–Crippen MR) is 48.4 cm³/mol. The van der Waals surface area contributed by atoms with Crippen LogP contribution in [0.2, 0.25) is 5.02 Å². The molecule has 0 aromatic heterocycles. The zero-order chi connectivity index (χ0) is 8.43. The van der Waals surface area contributed by atoms with Crippen LogP contribution in [0.3, 0.4) is 0 Å². The highest BCUT2D eigenvalue weighted by Gasteiger charge is 2.03. The molecule has 1 nitrogen and oxygen atoms in total. The largest absolute Gasteiger partial charge is 0.397 e. The molecule has 0 aliphatic heterocycles. The van der Waals surface area contributed by atoms with E-state index in [0.29, 0.717) is 20.7 Å². The highest BCUT2D eigenvalue weighted by atomic mass is 79.9. The van der Waals surface area contributed by atoms with Crippen molar-refractivity contribution in [3.05, 3.63) is 27.2 Å². The third-order valence-corrected chi connectivity index (χ3v) is 2.26. The van der Waals surface area contributed by atoms with Crippen LogP contribution in [0.4, 0.5) is 10.1 Å². The molecule has 0 bridgehead atoms. The first-order valence-corrected chi connectivity index (χ1v) is 4.11. The zero-order valence-electron chi connectivity index (χ0n) is 5.57. The molecule has 2 N–H and O–H groups in total. The summed E-state index contributed by atoms with van der Waals surface area (Å²) < 4.78 is 12.7. The molecule has 0 heterocycles. The van der Waals surface area contributed by atoms with Crippen molar-refractivity contribution in [2.24, 2.45) is 0 Å². The Hall–Kier alpha value is -0.280. The summed E-state index contributed by atoms with van der Waals surface area (Å²) in [5.41, 5.74) is 6.48. The molecule has 0 aliphatic rings. The second-order valence-corrected chi connectivity index (χ2v) is 3.37. The first-order valence-electron chi connectivity index (χ1n) is 2.94. The minimum absolute atomic E-state index is 0.382. The van der Waals surface area contributed by atoms with Gasteiger partial charge in [0.2, 0.25) is 0 Å². The van der Waals surface area contributed by atoms with E-state index < -0.39 is 6.67 Å². The van der Waals surface area contributed by atoms with E-state index >= 15 is 0 Å². The van der Waals surface area contributed by atoms with Gasteiger partial charge < -0.3 is 5.73 Å². The quantitative estimate of drug-likeness (QED) is 0.747. The number of nitrogen functional groups attached to an aromatic ring is 1. The van der Waals surface area contributed by atoms with Crippen molar-refractivity contribution in [3.8, 4) is 0 Å². The van der Waals surface area contributed by atoms with E-state index in [1.807, 2.05) is 0 Å². The lowest BCUT2D eigenvalue weighted by Gasteiger charge is -2.02.